The van der Waals surface area contributed by atoms with E-state index in [1.165, 1.54) is 19.8 Å². The predicted molar refractivity (Wildman–Crippen MR) is 89.9 cm³/mol. The fourth-order valence-corrected chi connectivity index (χ4v) is 3.90. The first-order chi connectivity index (χ1) is 9.63. The maximum Gasteiger partial charge on any atom is 0.118 e. The molecule has 0 aliphatic heterocycles. The summed E-state index contributed by atoms with van der Waals surface area (Å²) in [5, 5.41) is 3.42. The van der Waals surface area contributed by atoms with E-state index in [4.69, 9.17) is 4.74 Å². The smallest absolute Gasteiger partial charge is 0.118 e. The molecule has 1 N–H and O–H groups in total. The molecule has 4 heteroatoms. The number of hydrogen-bond acceptors (Lipinski definition) is 3. The Kier molecular flexibility index (Phi) is 5.64. The molecular formula is C16H20BrNOS. The Balaban J connectivity index is 1.99. The summed E-state index contributed by atoms with van der Waals surface area (Å²) < 4.78 is 6.42. The lowest BCUT2D eigenvalue weighted by molar-refractivity contribution is 0.414. The zero-order chi connectivity index (χ0) is 14.5. The molecule has 2 rings (SSSR count). The number of methoxy groups -OCH3 is 1. The molecule has 108 valence electrons. The van der Waals surface area contributed by atoms with Crippen LogP contribution in [0.2, 0.25) is 0 Å². The van der Waals surface area contributed by atoms with Crippen molar-refractivity contribution in [2.75, 3.05) is 14.2 Å². The van der Waals surface area contributed by atoms with Crippen LogP contribution in [0.5, 0.6) is 5.75 Å². The van der Waals surface area contributed by atoms with E-state index in [1.807, 2.05) is 30.5 Å². The Bertz CT molecular complexity index is 531. The molecule has 1 aromatic carbocycles. The lowest BCUT2D eigenvalue weighted by atomic mass is 10.0. The molecule has 20 heavy (non-hydrogen) atoms. The van der Waals surface area contributed by atoms with Gasteiger partial charge in [0.15, 0.2) is 0 Å². The fraction of sp³-hybridized carbons (Fsp3) is 0.375. The maximum atomic E-state index is 5.19. The van der Waals surface area contributed by atoms with Crippen molar-refractivity contribution in [3.63, 3.8) is 0 Å². The van der Waals surface area contributed by atoms with Crippen molar-refractivity contribution in [3.8, 4) is 5.75 Å². The third kappa shape index (κ3) is 3.84. The Morgan fingerprint density at radius 3 is 2.50 bits per heavy atom. The van der Waals surface area contributed by atoms with Crippen molar-refractivity contribution in [3.05, 3.63) is 50.1 Å². The third-order valence-electron chi connectivity index (χ3n) is 3.45. The number of hydrogen-bond donors (Lipinski definition) is 1. The summed E-state index contributed by atoms with van der Waals surface area (Å²) in [7, 11) is 3.73. The van der Waals surface area contributed by atoms with Gasteiger partial charge in [0.2, 0.25) is 0 Å². The Morgan fingerprint density at radius 1 is 1.30 bits per heavy atom. The summed E-state index contributed by atoms with van der Waals surface area (Å²) in [5.74, 6) is 0.914. The molecule has 0 radical (unpaired) electrons. The largest absolute Gasteiger partial charge is 0.497 e. The zero-order valence-electron chi connectivity index (χ0n) is 12.1. The van der Waals surface area contributed by atoms with Crippen LogP contribution in [-0.2, 0) is 6.42 Å². The highest BCUT2D eigenvalue weighted by Crippen LogP contribution is 2.33. The van der Waals surface area contributed by atoms with Gasteiger partial charge in [-0.25, -0.2) is 0 Å². The second kappa shape index (κ2) is 7.25. The normalized spacial score (nSPS) is 12.4. The zero-order valence-corrected chi connectivity index (χ0v) is 14.5. The second-order valence-electron chi connectivity index (χ2n) is 4.83. The molecule has 1 unspecified atom stereocenters. The molecule has 1 heterocycles. The van der Waals surface area contributed by atoms with Crippen molar-refractivity contribution >= 4 is 27.3 Å². The quantitative estimate of drug-likeness (QED) is 0.810. The van der Waals surface area contributed by atoms with Gasteiger partial charge in [-0.15, -0.1) is 11.3 Å². The molecule has 0 saturated heterocycles. The van der Waals surface area contributed by atoms with Gasteiger partial charge >= 0.3 is 0 Å². The first-order valence-corrected chi connectivity index (χ1v) is 8.31. The van der Waals surface area contributed by atoms with Crippen LogP contribution in [0.4, 0.5) is 0 Å². The maximum absolute atomic E-state index is 5.19. The average Bonchev–Trinajstić information content (AvgIpc) is 2.80. The summed E-state index contributed by atoms with van der Waals surface area (Å²) in [5.41, 5.74) is 2.66. The predicted octanol–water partition coefficient (Wildman–Crippen LogP) is 4.72. The van der Waals surface area contributed by atoms with Crippen LogP contribution in [0, 0.1) is 6.92 Å². The molecule has 0 amide bonds. The molecule has 1 atom stereocenters. The van der Waals surface area contributed by atoms with Crippen molar-refractivity contribution in [1.29, 1.82) is 0 Å². The Morgan fingerprint density at radius 2 is 2.00 bits per heavy atom. The van der Waals surface area contributed by atoms with Crippen LogP contribution < -0.4 is 10.1 Å². The second-order valence-corrected chi connectivity index (χ2v) is 7.24. The summed E-state index contributed by atoms with van der Waals surface area (Å²) in [4.78, 5) is 1.39. The van der Waals surface area contributed by atoms with Gasteiger partial charge in [0.05, 0.1) is 10.9 Å². The SMILES string of the molecule is CNC(CCc1ccc(OC)cc1)c1cc(C)c(Br)s1. The van der Waals surface area contributed by atoms with E-state index >= 15 is 0 Å². The molecular weight excluding hydrogens is 334 g/mol. The van der Waals surface area contributed by atoms with Crippen molar-refractivity contribution < 1.29 is 4.74 Å². The van der Waals surface area contributed by atoms with Gasteiger partial charge < -0.3 is 10.1 Å². The van der Waals surface area contributed by atoms with E-state index in [-0.39, 0.29) is 0 Å². The molecule has 0 bridgehead atoms. The van der Waals surface area contributed by atoms with Crippen molar-refractivity contribution in [1.82, 2.24) is 5.32 Å². The van der Waals surface area contributed by atoms with Gasteiger partial charge in [-0.3, -0.25) is 0 Å². The van der Waals surface area contributed by atoms with Gasteiger partial charge in [-0.1, -0.05) is 12.1 Å². The molecule has 2 aromatic rings. The van der Waals surface area contributed by atoms with Crippen LogP contribution in [0.1, 0.15) is 28.5 Å². The van der Waals surface area contributed by atoms with Gasteiger partial charge in [-0.05, 0) is 72.1 Å². The first kappa shape index (κ1) is 15.5. The van der Waals surface area contributed by atoms with Gasteiger partial charge in [0.25, 0.3) is 0 Å². The highest BCUT2D eigenvalue weighted by Gasteiger charge is 2.13. The van der Waals surface area contributed by atoms with Gasteiger partial charge in [0, 0.05) is 10.9 Å². The third-order valence-corrected chi connectivity index (χ3v) is 5.70. The van der Waals surface area contributed by atoms with Crippen molar-refractivity contribution in [2.45, 2.75) is 25.8 Å². The van der Waals surface area contributed by atoms with E-state index < -0.39 is 0 Å². The van der Waals surface area contributed by atoms with Gasteiger partial charge in [-0.2, -0.15) is 0 Å². The Labute approximate surface area is 133 Å². The van der Waals surface area contributed by atoms with Crippen LogP contribution in [0.15, 0.2) is 34.1 Å². The van der Waals surface area contributed by atoms with Gasteiger partial charge in [0.1, 0.15) is 5.75 Å². The van der Waals surface area contributed by atoms with Crippen molar-refractivity contribution in [2.24, 2.45) is 0 Å². The van der Waals surface area contributed by atoms with Crippen LogP contribution >= 0.6 is 27.3 Å². The Hall–Kier alpha value is -0.840. The number of aryl methyl sites for hydroxylation is 2. The van der Waals surface area contributed by atoms with Crippen LogP contribution in [0.3, 0.4) is 0 Å². The summed E-state index contributed by atoms with van der Waals surface area (Å²) in [6, 6.07) is 11.0. The summed E-state index contributed by atoms with van der Waals surface area (Å²) in [6.07, 6.45) is 2.15. The fourth-order valence-electron chi connectivity index (χ4n) is 2.19. The number of halogens is 1. The highest BCUT2D eigenvalue weighted by atomic mass is 79.9. The molecule has 2 nitrogen and oxygen atoms in total. The molecule has 0 saturated carbocycles. The highest BCUT2D eigenvalue weighted by molar-refractivity contribution is 9.11. The minimum absolute atomic E-state index is 0.409. The molecule has 0 aliphatic rings. The van der Waals surface area contributed by atoms with E-state index in [1.54, 1.807) is 7.11 Å². The molecule has 1 aromatic heterocycles. The van der Waals surface area contributed by atoms with E-state index in [0.29, 0.717) is 6.04 Å². The van der Waals surface area contributed by atoms with E-state index in [9.17, 15) is 0 Å². The minimum atomic E-state index is 0.409. The molecule has 0 spiro atoms. The van der Waals surface area contributed by atoms with Crippen LogP contribution in [-0.4, -0.2) is 14.2 Å². The van der Waals surface area contributed by atoms with Crippen LogP contribution in [0.25, 0.3) is 0 Å². The number of nitrogens with one attached hydrogen (secondary N) is 1. The number of thiophene rings is 1. The lowest BCUT2D eigenvalue weighted by Gasteiger charge is -2.14. The minimum Gasteiger partial charge on any atom is -0.497 e. The number of rotatable bonds is 6. The average molecular weight is 354 g/mol. The monoisotopic (exact) mass is 353 g/mol. The number of ether oxygens (including phenoxy) is 1. The first-order valence-electron chi connectivity index (χ1n) is 6.70. The van der Waals surface area contributed by atoms with E-state index in [2.05, 4.69) is 46.4 Å². The topological polar surface area (TPSA) is 21.3 Å². The standard InChI is InChI=1S/C16H20BrNOS/c1-11-10-15(20-16(11)17)14(18-2)9-6-12-4-7-13(19-3)8-5-12/h4-5,7-8,10,14,18H,6,9H2,1-3H3. The lowest BCUT2D eigenvalue weighted by Crippen LogP contribution is -2.15. The summed E-state index contributed by atoms with van der Waals surface area (Å²) >= 11 is 5.42. The molecule has 0 aliphatic carbocycles. The number of benzene rings is 1. The molecule has 0 fully saturated rings. The summed E-state index contributed by atoms with van der Waals surface area (Å²) in [6.45, 7) is 2.14. The van der Waals surface area contributed by atoms with E-state index in [0.717, 1.165) is 18.6 Å².